The van der Waals surface area contributed by atoms with E-state index in [1.165, 1.54) is 30.5 Å². The Balaban J connectivity index is 1.90. The number of ether oxygens (including phenoxy) is 1. The average Bonchev–Trinajstić information content (AvgIpc) is 2.78. The quantitative estimate of drug-likeness (QED) is 0.757. The topological polar surface area (TPSA) is 12.5 Å². The van der Waals surface area contributed by atoms with E-state index in [4.69, 9.17) is 4.74 Å². The molecular formula is C16H21NO. The molecule has 1 aromatic rings. The maximum Gasteiger partial charge on any atom is 0.122 e. The molecule has 0 spiro atoms. The van der Waals surface area contributed by atoms with Gasteiger partial charge in [0.1, 0.15) is 5.75 Å². The zero-order valence-electron chi connectivity index (χ0n) is 11.1. The Hall–Kier alpha value is -1.28. The van der Waals surface area contributed by atoms with Crippen molar-refractivity contribution in [2.75, 3.05) is 20.2 Å². The smallest absolute Gasteiger partial charge is 0.122 e. The lowest BCUT2D eigenvalue weighted by Crippen LogP contribution is -2.38. The molecule has 96 valence electrons. The minimum atomic E-state index is 0.687. The van der Waals surface area contributed by atoms with Crippen LogP contribution in [-0.2, 0) is 12.8 Å². The summed E-state index contributed by atoms with van der Waals surface area (Å²) in [5.74, 6) is 1.89. The number of hydrogen-bond acceptors (Lipinski definition) is 2. The van der Waals surface area contributed by atoms with Gasteiger partial charge in [-0.15, -0.1) is 6.58 Å². The Kier molecular flexibility index (Phi) is 3.13. The molecule has 0 bridgehead atoms. The zero-order chi connectivity index (χ0) is 12.5. The van der Waals surface area contributed by atoms with Crippen molar-refractivity contribution in [2.24, 2.45) is 5.92 Å². The van der Waals surface area contributed by atoms with Gasteiger partial charge in [0.05, 0.1) is 7.11 Å². The number of hydrogen-bond donors (Lipinski definition) is 0. The summed E-state index contributed by atoms with van der Waals surface area (Å²) in [4.78, 5) is 2.58. The molecule has 2 heteroatoms. The average molecular weight is 243 g/mol. The second-order valence-corrected chi connectivity index (χ2v) is 5.41. The normalized spacial score (nSPS) is 26.5. The summed E-state index contributed by atoms with van der Waals surface area (Å²) in [7, 11) is 1.78. The van der Waals surface area contributed by atoms with Crippen LogP contribution in [0.1, 0.15) is 17.5 Å². The third-order valence-electron chi connectivity index (χ3n) is 4.51. The summed E-state index contributed by atoms with van der Waals surface area (Å²) in [6.07, 6.45) is 5.71. The van der Waals surface area contributed by atoms with E-state index in [9.17, 15) is 0 Å². The molecule has 1 aliphatic carbocycles. The highest BCUT2D eigenvalue weighted by Crippen LogP contribution is 2.38. The van der Waals surface area contributed by atoms with Crippen molar-refractivity contribution in [2.45, 2.75) is 25.3 Å². The van der Waals surface area contributed by atoms with Gasteiger partial charge in [-0.2, -0.15) is 0 Å². The fraction of sp³-hybridized carbons (Fsp3) is 0.500. The Morgan fingerprint density at radius 2 is 2.33 bits per heavy atom. The number of methoxy groups -OCH3 is 1. The molecular weight excluding hydrogens is 222 g/mol. The summed E-state index contributed by atoms with van der Waals surface area (Å²) in [5, 5.41) is 0. The number of nitrogens with zero attached hydrogens (tertiary/aromatic N) is 1. The number of rotatable bonds is 3. The van der Waals surface area contributed by atoms with Crippen molar-refractivity contribution >= 4 is 0 Å². The first-order valence-corrected chi connectivity index (χ1v) is 6.83. The molecule has 1 saturated heterocycles. The van der Waals surface area contributed by atoms with E-state index in [0.29, 0.717) is 6.04 Å². The Morgan fingerprint density at radius 1 is 1.44 bits per heavy atom. The summed E-state index contributed by atoms with van der Waals surface area (Å²) < 4.78 is 5.52. The standard InChI is InChI=1S/C16H21NO/c1-3-8-17-9-7-13-10-12-5-4-6-16(18-2)14(12)11-15(13)17/h3-6,13,15H,1,7-11H2,2H3/t13-,15-/m1/s1. The Labute approximate surface area is 109 Å². The van der Waals surface area contributed by atoms with Crippen LogP contribution in [0.2, 0.25) is 0 Å². The SMILES string of the molecule is C=CCN1CC[C@@H]2Cc3cccc(OC)c3C[C@H]21. The molecule has 2 aliphatic rings. The summed E-state index contributed by atoms with van der Waals surface area (Å²) in [6, 6.07) is 7.16. The van der Waals surface area contributed by atoms with Gasteiger partial charge in [0.2, 0.25) is 0 Å². The molecule has 0 amide bonds. The minimum Gasteiger partial charge on any atom is -0.496 e. The van der Waals surface area contributed by atoms with Crippen molar-refractivity contribution in [3.63, 3.8) is 0 Å². The monoisotopic (exact) mass is 243 g/mol. The molecule has 2 atom stereocenters. The van der Waals surface area contributed by atoms with E-state index in [1.807, 2.05) is 6.08 Å². The largest absolute Gasteiger partial charge is 0.496 e. The van der Waals surface area contributed by atoms with E-state index in [2.05, 4.69) is 29.7 Å². The molecule has 0 saturated carbocycles. The van der Waals surface area contributed by atoms with Gasteiger partial charge in [0.15, 0.2) is 0 Å². The number of benzene rings is 1. The van der Waals surface area contributed by atoms with Crippen LogP contribution in [0.25, 0.3) is 0 Å². The van der Waals surface area contributed by atoms with Crippen LogP contribution in [0.15, 0.2) is 30.9 Å². The molecule has 1 fully saturated rings. The Morgan fingerprint density at radius 3 is 3.11 bits per heavy atom. The van der Waals surface area contributed by atoms with E-state index in [0.717, 1.165) is 24.6 Å². The van der Waals surface area contributed by atoms with E-state index in [-0.39, 0.29) is 0 Å². The molecule has 0 radical (unpaired) electrons. The van der Waals surface area contributed by atoms with Crippen LogP contribution < -0.4 is 4.74 Å². The molecule has 0 aromatic heterocycles. The van der Waals surface area contributed by atoms with Gasteiger partial charge in [-0.05, 0) is 48.9 Å². The van der Waals surface area contributed by atoms with Gasteiger partial charge < -0.3 is 4.74 Å². The lowest BCUT2D eigenvalue weighted by molar-refractivity contribution is 0.233. The van der Waals surface area contributed by atoms with Crippen LogP contribution in [0, 0.1) is 5.92 Å². The van der Waals surface area contributed by atoms with Crippen molar-refractivity contribution in [3.8, 4) is 5.75 Å². The van der Waals surface area contributed by atoms with Gasteiger partial charge >= 0.3 is 0 Å². The van der Waals surface area contributed by atoms with E-state index in [1.54, 1.807) is 7.11 Å². The summed E-state index contributed by atoms with van der Waals surface area (Å²) >= 11 is 0. The lowest BCUT2D eigenvalue weighted by Gasteiger charge is -2.33. The van der Waals surface area contributed by atoms with E-state index >= 15 is 0 Å². The predicted octanol–water partition coefficient (Wildman–Crippen LogP) is 2.67. The van der Waals surface area contributed by atoms with Gasteiger partial charge in [-0.3, -0.25) is 4.90 Å². The highest BCUT2D eigenvalue weighted by Gasteiger charge is 2.37. The van der Waals surface area contributed by atoms with Gasteiger partial charge in [-0.1, -0.05) is 18.2 Å². The van der Waals surface area contributed by atoms with Crippen LogP contribution in [0.3, 0.4) is 0 Å². The van der Waals surface area contributed by atoms with Crippen molar-refractivity contribution < 1.29 is 4.74 Å². The molecule has 1 aromatic carbocycles. The van der Waals surface area contributed by atoms with Gasteiger partial charge in [-0.25, -0.2) is 0 Å². The third-order valence-corrected chi connectivity index (χ3v) is 4.51. The second kappa shape index (κ2) is 4.77. The van der Waals surface area contributed by atoms with Crippen molar-refractivity contribution in [1.82, 2.24) is 4.90 Å². The molecule has 1 heterocycles. The second-order valence-electron chi connectivity index (χ2n) is 5.41. The van der Waals surface area contributed by atoms with Crippen LogP contribution in [-0.4, -0.2) is 31.1 Å². The molecule has 0 unspecified atom stereocenters. The third kappa shape index (κ3) is 1.85. The van der Waals surface area contributed by atoms with Crippen LogP contribution >= 0.6 is 0 Å². The lowest BCUT2D eigenvalue weighted by atomic mass is 9.80. The van der Waals surface area contributed by atoms with Gasteiger partial charge in [0.25, 0.3) is 0 Å². The molecule has 18 heavy (non-hydrogen) atoms. The zero-order valence-corrected chi connectivity index (χ0v) is 11.1. The fourth-order valence-corrected chi connectivity index (χ4v) is 3.63. The first-order chi connectivity index (χ1) is 8.83. The van der Waals surface area contributed by atoms with Crippen LogP contribution in [0.4, 0.5) is 0 Å². The summed E-state index contributed by atoms with van der Waals surface area (Å²) in [5.41, 5.74) is 2.92. The molecule has 2 nitrogen and oxygen atoms in total. The highest BCUT2D eigenvalue weighted by molar-refractivity contribution is 5.43. The highest BCUT2D eigenvalue weighted by atomic mass is 16.5. The van der Waals surface area contributed by atoms with Crippen molar-refractivity contribution in [1.29, 1.82) is 0 Å². The fourth-order valence-electron chi connectivity index (χ4n) is 3.63. The maximum absolute atomic E-state index is 5.52. The first-order valence-electron chi connectivity index (χ1n) is 6.83. The van der Waals surface area contributed by atoms with Crippen molar-refractivity contribution in [3.05, 3.63) is 42.0 Å². The predicted molar refractivity (Wildman–Crippen MR) is 74.1 cm³/mol. The molecule has 0 N–H and O–H groups in total. The maximum atomic E-state index is 5.52. The molecule has 3 rings (SSSR count). The minimum absolute atomic E-state index is 0.687. The Bertz CT molecular complexity index is 454. The number of fused-ring (bicyclic) bond motifs is 2. The first kappa shape index (κ1) is 11.8. The summed E-state index contributed by atoms with van der Waals surface area (Å²) in [6.45, 7) is 6.11. The van der Waals surface area contributed by atoms with Gasteiger partial charge in [0, 0.05) is 12.6 Å². The van der Waals surface area contributed by atoms with Crippen LogP contribution in [0.5, 0.6) is 5.75 Å². The van der Waals surface area contributed by atoms with E-state index < -0.39 is 0 Å². The number of likely N-dealkylation sites (tertiary alicyclic amines) is 1. The molecule has 1 aliphatic heterocycles.